The molecule has 0 bridgehead atoms. The number of hydrogen-bond donors (Lipinski definition) is 1. The highest BCUT2D eigenvalue weighted by atomic mass is 16.4. The van der Waals surface area contributed by atoms with Crippen molar-refractivity contribution < 1.29 is 9.90 Å². The van der Waals surface area contributed by atoms with E-state index in [1.54, 1.807) is 0 Å². The van der Waals surface area contributed by atoms with Gasteiger partial charge in [0.25, 0.3) is 0 Å². The number of aromatic nitrogens is 1. The van der Waals surface area contributed by atoms with Crippen molar-refractivity contribution in [3.63, 3.8) is 0 Å². The zero-order chi connectivity index (χ0) is 11.8. The van der Waals surface area contributed by atoms with Crippen LogP contribution in [-0.2, 0) is 11.3 Å². The fourth-order valence-corrected chi connectivity index (χ4v) is 2.02. The molecule has 0 saturated carbocycles. The second-order valence-electron chi connectivity index (χ2n) is 4.30. The molecule has 3 nitrogen and oxygen atoms in total. The van der Waals surface area contributed by atoms with Crippen LogP contribution in [0.2, 0.25) is 0 Å². The lowest BCUT2D eigenvalue weighted by Crippen LogP contribution is -2.08. The molecule has 16 heavy (non-hydrogen) atoms. The van der Waals surface area contributed by atoms with Crippen LogP contribution in [-0.4, -0.2) is 15.6 Å². The highest BCUT2D eigenvalue weighted by molar-refractivity contribution is 5.66. The van der Waals surface area contributed by atoms with Crippen molar-refractivity contribution in [2.75, 3.05) is 0 Å². The molecule has 0 radical (unpaired) electrons. The number of aliphatic carboxylic acids is 1. The SMILES string of the molecule is CCCC(CCC(=O)O)CCn1cccc1. The molecule has 0 aliphatic heterocycles. The summed E-state index contributed by atoms with van der Waals surface area (Å²) >= 11 is 0. The van der Waals surface area contributed by atoms with Crippen LogP contribution < -0.4 is 0 Å². The minimum atomic E-state index is -0.679. The van der Waals surface area contributed by atoms with Crippen molar-refractivity contribution in [1.82, 2.24) is 4.57 Å². The van der Waals surface area contributed by atoms with Crippen molar-refractivity contribution in [2.45, 2.75) is 45.6 Å². The van der Waals surface area contributed by atoms with E-state index in [0.717, 1.165) is 32.2 Å². The summed E-state index contributed by atoms with van der Waals surface area (Å²) in [7, 11) is 0. The Morgan fingerprint density at radius 3 is 2.50 bits per heavy atom. The Kier molecular flexibility index (Phi) is 5.68. The predicted molar refractivity (Wildman–Crippen MR) is 64.3 cm³/mol. The Morgan fingerprint density at radius 1 is 1.25 bits per heavy atom. The van der Waals surface area contributed by atoms with Crippen molar-refractivity contribution in [2.24, 2.45) is 5.92 Å². The second kappa shape index (κ2) is 7.09. The summed E-state index contributed by atoms with van der Waals surface area (Å²) in [6.07, 6.45) is 8.57. The highest BCUT2D eigenvalue weighted by Gasteiger charge is 2.10. The summed E-state index contributed by atoms with van der Waals surface area (Å²) in [4.78, 5) is 10.5. The van der Waals surface area contributed by atoms with E-state index in [-0.39, 0.29) is 0 Å². The van der Waals surface area contributed by atoms with Gasteiger partial charge in [0.15, 0.2) is 0 Å². The van der Waals surface area contributed by atoms with Crippen LogP contribution in [0.3, 0.4) is 0 Å². The summed E-state index contributed by atoms with van der Waals surface area (Å²) < 4.78 is 2.16. The fraction of sp³-hybridized carbons (Fsp3) is 0.615. The number of carbonyl (C=O) groups is 1. The molecule has 0 aliphatic rings. The van der Waals surface area contributed by atoms with Gasteiger partial charge in [0.05, 0.1) is 0 Å². The van der Waals surface area contributed by atoms with Crippen LogP contribution in [0, 0.1) is 5.92 Å². The molecule has 1 rings (SSSR count). The van der Waals surface area contributed by atoms with E-state index in [9.17, 15) is 4.79 Å². The van der Waals surface area contributed by atoms with E-state index in [0.29, 0.717) is 12.3 Å². The molecule has 1 aromatic rings. The van der Waals surface area contributed by atoms with Gasteiger partial charge in [-0.3, -0.25) is 4.79 Å². The van der Waals surface area contributed by atoms with E-state index >= 15 is 0 Å². The van der Waals surface area contributed by atoms with Gasteiger partial charge in [0.1, 0.15) is 0 Å². The largest absolute Gasteiger partial charge is 0.481 e. The molecule has 0 fully saturated rings. The molecule has 1 unspecified atom stereocenters. The van der Waals surface area contributed by atoms with Crippen LogP contribution in [0.5, 0.6) is 0 Å². The first-order valence-corrected chi connectivity index (χ1v) is 6.05. The van der Waals surface area contributed by atoms with Gasteiger partial charge in [0, 0.05) is 25.4 Å². The zero-order valence-electron chi connectivity index (χ0n) is 9.93. The quantitative estimate of drug-likeness (QED) is 0.735. The molecular weight excluding hydrogens is 202 g/mol. The molecule has 3 heteroatoms. The number of carboxylic acid groups (broad SMARTS) is 1. The van der Waals surface area contributed by atoms with Gasteiger partial charge in [-0.15, -0.1) is 0 Å². The maximum absolute atomic E-state index is 10.5. The first kappa shape index (κ1) is 12.8. The first-order chi connectivity index (χ1) is 7.72. The molecule has 0 aromatic carbocycles. The smallest absolute Gasteiger partial charge is 0.303 e. The normalized spacial score (nSPS) is 12.6. The lowest BCUT2D eigenvalue weighted by Gasteiger charge is -2.15. The van der Waals surface area contributed by atoms with E-state index in [4.69, 9.17) is 5.11 Å². The van der Waals surface area contributed by atoms with Crippen LogP contribution in [0.1, 0.15) is 39.0 Å². The van der Waals surface area contributed by atoms with Crippen LogP contribution in [0.15, 0.2) is 24.5 Å². The molecule has 0 amide bonds. The van der Waals surface area contributed by atoms with Crippen LogP contribution in [0.25, 0.3) is 0 Å². The second-order valence-corrected chi connectivity index (χ2v) is 4.30. The topological polar surface area (TPSA) is 42.2 Å². The Bertz CT molecular complexity index is 293. The van der Waals surface area contributed by atoms with Gasteiger partial charge in [-0.1, -0.05) is 19.8 Å². The number of aryl methyl sites for hydroxylation is 1. The summed E-state index contributed by atoms with van der Waals surface area (Å²) in [6, 6.07) is 4.04. The molecule has 0 aliphatic carbocycles. The lowest BCUT2D eigenvalue weighted by molar-refractivity contribution is -0.137. The predicted octanol–water partition coefficient (Wildman–Crippen LogP) is 3.16. The number of nitrogens with zero attached hydrogens (tertiary/aromatic N) is 1. The Labute approximate surface area is 97.1 Å². The maximum atomic E-state index is 10.5. The van der Waals surface area contributed by atoms with E-state index < -0.39 is 5.97 Å². The maximum Gasteiger partial charge on any atom is 0.303 e. The van der Waals surface area contributed by atoms with Crippen molar-refractivity contribution in [3.8, 4) is 0 Å². The standard InChI is InChI=1S/C13H21NO2/c1-2-5-12(6-7-13(15)16)8-11-14-9-3-4-10-14/h3-4,9-10,12H,2,5-8,11H2,1H3,(H,15,16). The van der Waals surface area contributed by atoms with Gasteiger partial charge < -0.3 is 9.67 Å². The van der Waals surface area contributed by atoms with Crippen molar-refractivity contribution >= 4 is 5.97 Å². The van der Waals surface area contributed by atoms with E-state index in [1.807, 2.05) is 12.1 Å². The van der Waals surface area contributed by atoms with Gasteiger partial charge in [0.2, 0.25) is 0 Å². The minimum Gasteiger partial charge on any atom is -0.481 e. The Balaban J connectivity index is 2.29. The molecule has 0 spiro atoms. The molecule has 1 heterocycles. The molecular formula is C13H21NO2. The Morgan fingerprint density at radius 2 is 1.94 bits per heavy atom. The molecule has 1 N–H and O–H groups in total. The molecule has 1 atom stereocenters. The molecule has 0 saturated heterocycles. The van der Waals surface area contributed by atoms with Gasteiger partial charge in [-0.2, -0.15) is 0 Å². The molecule has 90 valence electrons. The average molecular weight is 223 g/mol. The monoisotopic (exact) mass is 223 g/mol. The highest BCUT2D eigenvalue weighted by Crippen LogP contribution is 2.18. The summed E-state index contributed by atoms with van der Waals surface area (Å²) in [6.45, 7) is 3.15. The van der Waals surface area contributed by atoms with Crippen LogP contribution >= 0.6 is 0 Å². The summed E-state index contributed by atoms with van der Waals surface area (Å²) in [5.74, 6) is -0.134. The third-order valence-corrected chi connectivity index (χ3v) is 2.93. The number of hydrogen-bond acceptors (Lipinski definition) is 1. The average Bonchev–Trinajstić information content (AvgIpc) is 2.75. The number of carboxylic acids is 1. The lowest BCUT2D eigenvalue weighted by atomic mass is 9.94. The van der Waals surface area contributed by atoms with Gasteiger partial charge in [-0.25, -0.2) is 0 Å². The van der Waals surface area contributed by atoms with Crippen molar-refractivity contribution in [3.05, 3.63) is 24.5 Å². The summed E-state index contributed by atoms with van der Waals surface area (Å²) in [5, 5.41) is 8.68. The minimum absolute atomic E-state index is 0.302. The third kappa shape index (κ3) is 5.01. The van der Waals surface area contributed by atoms with Gasteiger partial charge in [-0.05, 0) is 30.9 Å². The first-order valence-electron chi connectivity index (χ1n) is 6.05. The fourth-order valence-electron chi connectivity index (χ4n) is 2.02. The van der Waals surface area contributed by atoms with Crippen molar-refractivity contribution in [1.29, 1.82) is 0 Å². The Hall–Kier alpha value is -1.25. The third-order valence-electron chi connectivity index (χ3n) is 2.93. The van der Waals surface area contributed by atoms with E-state index in [2.05, 4.69) is 23.9 Å². The summed E-state index contributed by atoms with van der Waals surface area (Å²) in [5.41, 5.74) is 0. The van der Waals surface area contributed by atoms with E-state index in [1.165, 1.54) is 0 Å². The molecule has 1 aromatic heterocycles. The van der Waals surface area contributed by atoms with Gasteiger partial charge >= 0.3 is 5.97 Å². The number of rotatable bonds is 8. The van der Waals surface area contributed by atoms with Crippen LogP contribution in [0.4, 0.5) is 0 Å². The zero-order valence-corrected chi connectivity index (χ0v) is 9.93.